The van der Waals surface area contributed by atoms with Gasteiger partial charge < -0.3 is 5.32 Å². The number of aromatic nitrogens is 1. The van der Waals surface area contributed by atoms with Gasteiger partial charge in [-0.25, -0.2) is 0 Å². The molecule has 1 heterocycles. The van der Waals surface area contributed by atoms with E-state index in [1.807, 2.05) is 13.2 Å². The molecule has 1 unspecified atom stereocenters. The SMILES string of the molecule is CNC(CCC1CC1)c1ncc(C)cc1C. The molecule has 2 rings (SSSR count). The Morgan fingerprint density at radius 2 is 2.19 bits per heavy atom. The van der Waals surface area contributed by atoms with Crippen molar-refractivity contribution in [2.24, 2.45) is 5.92 Å². The van der Waals surface area contributed by atoms with E-state index in [0.717, 1.165) is 5.92 Å². The largest absolute Gasteiger partial charge is 0.312 e. The minimum Gasteiger partial charge on any atom is -0.312 e. The number of nitrogens with zero attached hydrogens (tertiary/aromatic N) is 1. The number of rotatable bonds is 5. The van der Waals surface area contributed by atoms with Crippen molar-refractivity contribution in [3.8, 4) is 0 Å². The summed E-state index contributed by atoms with van der Waals surface area (Å²) in [6, 6.07) is 2.66. The van der Waals surface area contributed by atoms with E-state index in [-0.39, 0.29) is 0 Å². The number of hydrogen-bond donors (Lipinski definition) is 1. The van der Waals surface area contributed by atoms with Gasteiger partial charge in [-0.3, -0.25) is 4.98 Å². The van der Waals surface area contributed by atoms with E-state index >= 15 is 0 Å². The van der Waals surface area contributed by atoms with Gasteiger partial charge >= 0.3 is 0 Å². The highest BCUT2D eigenvalue weighted by Gasteiger charge is 2.23. The Kier molecular flexibility index (Phi) is 3.59. The Bertz CT molecular complexity index is 356. The van der Waals surface area contributed by atoms with Crippen LogP contribution < -0.4 is 5.32 Å². The number of aryl methyl sites for hydroxylation is 2. The molecule has 1 aliphatic carbocycles. The molecular weight excluding hydrogens is 196 g/mol. The van der Waals surface area contributed by atoms with E-state index in [2.05, 4.69) is 30.2 Å². The maximum atomic E-state index is 4.58. The quantitative estimate of drug-likeness (QED) is 0.821. The highest BCUT2D eigenvalue weighted by molar-refractivity contribution is 5.25. The average Bonchev–Trinajstić information content (AvgIpc) is 3.05. The molecule has 2 heteroatoms. The summed E-state index contributed by atoms with van der Waals surface area (Å²) in [4.78, 5) is 4.58. The maximum Gasteiger partial charge on any atom is 0.0602 e. The number of hydrogen-bond acceptors (Lipinski definition) is 2. The molecule has 1 aliphatic rings. The first kappa shape index (κ1) is 11.6. The van der Waals surface area contributed by atoms with Gasteiger partial charge in [0, 0.05) is 12.2 Å². The predicted molar refractivity (Wildman–Crippen MR) is 67.5 cm³/mol. The Morgan fingerprint density at radius 3 is 2.75 bits per heavy atom. The zero-order valence-corrected chi connectivity index (χ0v) is 10.6. The second-order valence-electron chi connectivity index (χ2n) is 5.08. The van der Waals surface area contributed by atoms with Crippen molar-refractivity contribution in [1.82, 2.24) is 10.3 Å². The lowest BCUT2D eigenvalue weighted by Crippen LogP contribution is -2.19. The number of pyridine rings is 1. The monoisotopic (exact) mass is 218 g/mol. The van der Waals surface area contributed by atoms with Crippen LogP contribution in [0.15, 0.2) is 12.3 Å². The van der Waals surface area contributed by atoms with E-state index in [0.29, 0.717) is 6.04 Å². The standard InChI is InChI=1S/C14H22N2/c1-10-8-11(2)14(16-9-10)13(15-3)7-6-12-4-5-12/h8-9,12-13,15H,4-7H2,1-3H3. The van der Waals surface area contributed by atoms with Crippen LogP contribution in [0.2, 0.25) is 0 Å². The van der Waals surface area contributed by atoms with E-state index in [9.17, 15) is 0 Å². The molecular formula is C14H22N2. The molecule has 1 N–H and O–H groups in total. The third-order valence-electron chi connectivity index (χ3n) is 3.49. The molecule has 1 aromatic heterocycles. The van der Waals surface area contributed by atoms with Crippen molar-refractivity contribution in [3.63, 3.8) is 0 Å². The van der Waals surface area contributed by atoms with Crippen LogP contribution in [0.3, 0.4) is 0 Å². The Labute approximate surface area is 98.5 Å². The van der Waals surface area contributed by atoms with Gasteiger partial charge in [0.05, 0.1) is 5.69 Å². The predicted octanol–water partition coefficient (Wildman–Crippen LogP) is 3.15. The molecule has 1 saturated carbocycles. The molecule has 1 aromatic rings. The highest BCUT2D eigenvalue weighted by atomic mass is 14.9. The fourth-order valence-electron chi connectivity index (χ4n) is 2.32. The Morgan fingerprint density at radius 1 is 1.44 bits per heavy atom. The lowest BCUT2D eigenvalue weighted by atomic mass is 10.0. The highest BCUT2D eigenvalue weighted by Crippen LogP contribution is 2.35. The minimum atomic E-state index is 0.432. The summed E-state index contributed by atoms with van der Waals surface area (Å²) in [6.45, 7) is 4.26. The first-order valence-electron chi connectivity index (χ1n) is 6.31. The van der Waals surface area contributed by atoms with Gasteiger partial charge in [-0.15, -0.1) is 0 Å². The average molecular weight is 218 g/mol. The lowest BCUT2D eigenvalue weighted by molar-refractivity contribution is 0.494. The molecule has 0 spiro atoms. The maximum absolute atomic E-state index is 4.58. The van der Waals surface area contributed by atoms with Crippen LogP contribution in [-0.4, -0.2) is 12.0 Å². The minimum absolute atomic E-state index is 0.432. The Balaban J connectivity index is 2.05. The molecule has 0 amide bonds. The first-order valence-corrected chi connectivity index (χ1v) is 6.31. The van der Waals surface area contributed by atoms with Crippen LogP contribution in [0, 0.1) is 19.8 Å². The normalized spacial score (nSPS) is 17.4. The molecule has 0 aromatic carbocycles. The summed E-state index contributed by atoms with van der Waals surface area (Å²) >= 11 is 0. The molecule has 1 fully saturated rings. The third-order valence-corrected chi connectivity index (χ3v) is 3.49. The molecule has 0 bridgehead atoms. The molecule has 2 nitrogen and oxygen atoms in total. The molecule has 1 atom stereocenters. The Hall–Kier alpha value is -0.890. The summed E-state index contributed by atoms with van der Waals surface area (Å²) in [5, 5.41) is 3.40. The van der Waals surface area contributed by atoms with Gasteiger partial charge in [-0.05, 0) is 50.8 Å². The van der Waals surface area contributed by atoms with Gasteiger partial charge in [-0.2, -0.15) is 0 Å². The van der Waals surface area contributed by atoms with Crippen LogP contribution in [0.25, 0.3) is 0 Å². The van der Waals surface area contributed by atoms with E-state index in [1.165, 1.54) is 42.5 Å². The van der Waals surface area contributed by atoms with Crippen molar-refractivity contribution >= 4 is 0 Å². The summed E-state index contributed by atoms with van der Waals surface area (Å²) in [6.07, 6.45) is 7.43. The fourth-order valence-corrected chi connectivity index (χ4v) is 2.32. The lowest BCUT2D eigenvalue weighted by Gasteiger charge is -2.17. The van der Waals surface area contributed by atoms with Gasteiger partial charge in [0.1, 0.15) is 0 Å². The van der Waals surface area contributed by atoms with Gasteiger partial charge in [0.2, 0.25) is 0 Å². The van der Waals surface area contributed by atoms with Crippen LogP contribution in [0.1, 0.15) is 48.5 Å². The van der Waals surface area contributed by atoms with Crippen LogP contribution in [0.5, 0.6) is 0 Å². The van der Waals surface area contributed by atoms with Gasteiger partial charge in [0.25, 0.3) is 0 Å². The van der Waals surface area contributed by atoms with Crippen molar-refractivity contribution in [2.45, 2.75) is 45.6 Å². The topological polar surface area (TPSA) is 24.9 Å². The summed E-state index contributed by atoms with van der Waals surface area (Å²) in [5.41, 5.74) is 3.79. The summed E-state index contributed by atoms with van der Waals surface area (Å²) in [7, 11) is 2.04. The molecule has 16 heavy (non-hydrogen) atoms. The summed E-state index contributed by atoms with van der Waals surface area (Å²) in [5.74, 6) is 1.00. The van der Waals surface area contributed by atoms with E-state index < -0.39 is 0 Å². The van der Waals surface area contributed by atoms with Crippen LogP contribution in [-0.2, 0) is 0 Å². The zero-order chi connectivity index (χ0) is 11.5. The zero-order valence-electron chi connectivity index (χ0n) is 10.6. The smallest absolute Gasteiger partial charge is 0.0602 e. The van der Waals surface area contributed by atoms with Crippen molar-refractivity contribution in [3.05, 3.63) is 29.1 Å². The molecule has 0 saturated heterocycles. The van der Waals surface area contributed by atoms with Crippen LogP contribution in [0.4, 0.5) is 0 Å². The van der Waals surface area contributed by atoms with Crippen molar-refractivity contribution in [2.75, 3.05) is 7.05 Å². The third kappa shape index (κ3) is 2.82. The molecule has 0 radical (unpaired) electrons. The first-order chi connectivity index (χ1) is 7.70. The summed E-state index contributed by atoms with van der Waals surface area (Å²) < 4.78 is 0. The second-order valence-corrected chi connectivity index (χ2v) is 5.08. The van der Waals surface area contributed by atoms with Gasteiger partial charge in [0.15, 0.2) is 0 Å². The van der Waals surface area contributed by atoms with E-state index in [4.69, 9.17) is 0 Å². The van der Waals surface area contributed by atoms with Crippen molar-refractivity contribution < 1.29 is 0 Å². The molecule has 88 valence electrons. The number of nitrogens with one attached hydrogen (secondary N) is 1. The van der Waals surface area contributed by atoms with E-state index in [1.54, 1.807) is 0 Å². The fraction of sp³-hybridized carbons (Fsp3) is 0.643. The van der Waals surface area contributed by atoms with Gasteiger partial charge in [-0.1, -0.05) is 18.9 Å². The van der Waals surface area contributed by atoms with Crippen LogP contribution >= 0.6 is 0 Å². The second kappa shape index (κ2) is 4.96. The van der Waals surface area contributed by atoms with Crippen molar-refractivity contribution in [1.29, 1.82) is 0 Å². The molecule has 0 aliphatic heterocycles.